The van der Waals surface area contributed by atoms with Crippen LogP contribution in [0.4, 0.5) is 17.6 Å². The highest BCUT2D eigenvalue weighted by atomic mass is 35.5. The quantitative estimate of drug-likeness (QED) is 0.200. The zero-order valence-corrected chi connectivity index (χ0v) is 26.0. The van der Waals surface area contributed by atoms with E-state index in [0.717, 1.165) is 23.2 Å². The van der Waals surface area contributed by atoms with Gasteiger partial charge in [0.2, 0.25) is 11.7 Å². The van der Waals surface area contributed by atoms with Crippen molar-refractivity contribution in [2.45, 2.75) is 63.3 Å². The molecule has 0 radical (unpaired) electrons. The van der Waals surface area contributed by atoms with Crippen molar-refractivity contribution in [2.24, 2.45) is 0 Å². The predicted molar refractivity (Wildman–Crippen MR) is 162 cm³/mol. The van der Waals surface area contributed by atoms with Gasteiger partial charge in [-0.05, 0) is 49.2 Å². The summed E-state index contributed by atoms with van der Waals surface area (Å²) in [4.78, 5) is 19.5. The molecule has 2 saturated heterocycles. The van der Waals surface area contributed by atoms with Crippen molar-refractivity contribution >= 4 is 22.6 Å². The third-order valence-corrected chi connectivity index (χ3v) is 9.34. The molecule has 250 valence electrons. The molecule has 0 saturated carbocycles. The first-order valence-corrected chi connectivity index (χ1v) is 15.8. The number of β-amino-alcohol motifs (C(OH)–C–C–N with tert-alkyl or cyclic N) is 1. The fourth-order valence-corrected chi connectivity index (χ4v) is 6.59. The Hall–Kier alpha value is -4.18. The van der Waals surface area contributed by atoms with Crippen LogP contribution in [0.3, 0.4) is 0 Å². The normalized spacial score (nSPS) is 20.9. The number of ether oxygens (including phenoxy) is 2. The fraction of sp³-hybridized carbons (Fsp3) is 0.406. The van der Waals surface area contributed by atoms with E-state index in [1.54, 1.807) is 24.4 Å². The van der Waals surface area contributed by atoms with Gasteiger partial charge >= 0.3 is 12.1 Å². The van der Waals surface area contributed by atoms with Gasteiger partial charge in [0.15, 0.2) is 0 Å². The molecule has 7 heterocycles. The number of aliphatic hydroxyl groups excluding tert-OH is 1. The summed E-state index contributed by atoms with van der Waals surface area (Å²) in [7, 11) is 0. The van der Waals surface area contributed by atoms with Crippen LogP contribution in [0.1, 0.15) is 52.9 Å². The number of halogens is 5. The van der Waals surface area contributed by atoms with Gasteiger partial charge in [0.05, 0.1) is 48.2 Å². The molecule has 5 aromatic rings. The van der Waals surface area contributed by atoms with Gasteiger partial charge in [0.1, 0.15) is 23.9 Å². The van der Waals surface area contributed by atoms with Crippen molar-refractivity contribution in [1.29, 1.82) is 0 Å². The van der Waals surface area contributed by atoms with Crippen LogP contribution in [0.15, 0.2) is 41.1 Å². The van der Waals surface area contributed by atoms with E-state index in [1.165, 1.54) is 6.07 Å². The number of aromatic nitrogens is 6. The third kappa shape index (κ3) is 5.88. The number of imidazole rings is 1. The van der Waals surface area contributed by atoms with E-state index >= 15 is 0 Å². The van der Waals surface area contributed by atoms with E-state index in [2.05, 4.69) is 24.5 Å². The first-order valence-electron chi connectivity index (χ1n) is 15.5. The second kappa shape index (κ2) is 12.1. The van der Waals surface area contributed by atoms with Crippen LogP contribution in [0.25, 0.3) is 22.6 Å². The second-order valence-corrected chi connectivity index (χ2v) is 12.7. The van der Waals surface area contributed by atoms with Crippen molar-refractivity contribution < 1.29 is 36.7 Å². The summed E-state index contributed by atoms with van der Waals surface area (Å²) in [6.45, 7) is 2.67. The summed E-state index contributed by atoms with van der Waals surface area (Å²) in [5.41, 5.74) is 4.51. The predicted octanol–water partition coefficient (Wildman–Crippen LogP) is 5.31. The van der Waals surface area contributed by atoms with Crippen LogP contribution in [0.5, 0.6) is 5.88 Å². The highest BCUT2D eigenvalue weighted by Gasteiger charge is 2.39. The van der Waals surface area contributed by atoms with Crippen LogP contribution < -0.4 is 4.74 Å². The first kappa shape index (κ1) is 31.1. The maximum absolute atomic E-state index is 14.3. The molecule has 3 atom stereocenters. The van der Waals surface area contributed by atoms with Crippen LogP contribution in [0, 0.1) is 5.82 Å². The average molecular weight is 686 g/mol. The lowest BCUT2D eigenvalue weighted by atomic mass is 9.82. The van der Waals surface area contributed by atoms with Crippen molar-refractivity contribution in [3.8, 4) is 17.4 Å². The molecule has 3 aliphatic heterocycles. The highest BCUT2D eigenvalue weighted by molar-refractivity contribution is 6.30. The van der Waals surface area contributed by atoms with Gasteiger partial charge in [-0.3, -0.25) is 9.88 Å². The number of pyridine rings is 2. The maximum atomic E-state index is 14.3. The molecule has 0 spiro atoms. The average Bonchev–Trinajstić information content (AvgIpc) is 3.63. The topological polar surface area (TPSA) is 124 Å². The Labute approximate surface area is 275 Å². The Morgan fingerprint density at radius 2 is 1.92 bits per heavy atom. The molecular formula is C32H28ClF4N7O4. The highest BCUT2D eigenvalue weighted by Crippen LogP contribution is 2.39. The van der Waals surface area contributed by atoms with Crippen molar-refractivity contribution in [1.82, 2.24) is 34.6 Å². The number of hydrogen-bond donors (Lipinski definition) is 1. The lowest BCUT2D eigenvalue weighted by Crippen LogP contribution is -2.43. The molecule has 2 bridgehead atoms. The smallest absolute Gasteiger partial charge is 0.471 e. The van der Waals surface area contributed by atoms with Gasteiger partial charge in [-0.15, -0.1) is 0 Å². The zero-order chi connectivity index (χ0) is 33.2. The molecule has 2 fully saturated rings. The summed E-state index contributed by atoms with van der Waals surface area (Å²) >= 11 is 5.87. The maximum Gasteiger partial charge on any atom is 0.471 e. The molecular weight excluding hydrogens is 658 g/mol. The Morgan fingerprint density at radius 1 is 1.08 bits per heavy atom. The Kier molecular flexibility index (Phi) is 7.81. The molecule has 16 heteroatoms. The summed E-state index contributed by atoms with van der Waals surface area (Å²) < 4.78 is 71.3. The van der Waals surface area contributed by atoms with Crippen LogP contribution >= 0.6 is 11.6 Å². The van der Waals surface area contributed by atoms with Gasteiger partial charge in [-0.2, -0.15) is 18.2 Å². The molecule has 4 aliphatic rings. The SMILES string of the molecule is OC1CN(Cc2nc3cc(-c4noc(C(F)(F)F)n4)ncc3n2C[C@@H]2CCO2)CCC1c1nc(OCc2ccc(Cl)cc2F)c2cc1C2. The largest absolute Gasteiger partial charge is 0.472 e. The minimum atomic E-state index is -4.77. The number of alkyl halides is 3. The molecule has 4 aromatic heterocycles. The molecule has 1 aliphatic carbocycles. The number of likely N-dealkylation sites (tertiary alicyclic amines) is 1. The van der Waals surface area contributed by atoms with E-state index in [-0.39, 0.29) is 30.1 Å². The van der Waals surface area contributed by atoms with Crippen LogP contribution in [-0.2, 0) is 37.0 Å². The number of piperidine rings is 1. The zero-order valence-electron chi connectivity index (χ0n) is 25.3. The van der Waals surface area contributed by atoms with E-state index in [1.807, 2.05) is 10.6 Å². The molecule has 48 heavy (non-hydrogen) atoms. The Balaban J connectivity index is 0.987. The van der Waals surface area contributed by atoms with Gasteiger partial charge in [0, 0.05) is 41.6 Å². The minimum Gasteiger partial charge on any atom is -0.472 e. The summed E-state index contributed by atoms with van der Waals surface area (Å²) in [6.07, 6.45) is -1.70. The van der Waals surface area contributed by atoms with Gasteiger partial charge in [-0.1, -0.05) is 22.8 Å². The second-order valence-electron chi connectivity index (χ2n) is 12.3. The van der Waals surface area contributed by atoms with Gasteiger partial charge in [-0.25, -0.2) is 14.4 Å². The molecule has 1 N–H and O–H groups in total. The standard InChI is InChI=1S/C32H28ClF4N7O4/c33-19-2-1-16(22(34)9-19)15-47-30-18-7-17(8-18)28(40-30)21-3-5-43(13-26(21)45)14-27-39-23-10-24(29-41-31(48-42-29)32(35,36)37)38-11-25(23)44(27)12-20-4-6-46-20/h1-2,7,9-11,20-21,26,45H,3-6,8,12-15H2/t20-,21?,26?/m0/s1. The molecule has 11 nitrogen and oxygen atoms in total. The van der Waals surface area contributed by atoms with Crippen LogP contribution in [0.2, 0.25) is 5.02 Å². The number of fused-ring (bicyclic) bond motifs is 3. The molecule has 1 aromatic carbocycles. The Morgan fingerprint density at radius 3 is 2.62 bits per heavy atom. The summed E-state index contributed by atoms with van der Waals surface area (Å²) in [6, 6.07) is 8.00. The number of rotatable bonds is 9. The first-order chi connectivity index (χ1) is 23.1. The fourth-order valence-electron chi connectivity index (χ4n) is 6.43. The van der Waals surface area contributed by atoms with E-state index < -0.39 is 24.0 Å². The van der Waals surface area contributed by atoms with E-state index in [0.29, 0.717) is 79.0 Å². The molecule has 2 unspecified atom stereocenters. The number of aliphatic hydroxyl groups is 1. The summed E-state index contributed by atoms with van der Waals surface area (Å²) in [5.74, 6) is -1.23. The lowest BCUT2D eigenvalue weighted by Gasteiger charge is -2.37. The van der Waals surface area contributed by atoms with Crippen molar-refractivity contribution in [3.63, 3.8) is 0 Å². The van der Waals surface area contributed by atoms with Gasteiger partial charge < -0.3 is 23.7 Å². The van der Waals surface area contributed by atoms with Crippen molar-refractivity contribution in [3.05, 3.63) is 81.5 Å². The lowest BCUT2D eigenvalue weighted by molar-refractivity contribution is -0.159. The minimum absolute atomic E-state index is 0.00862. The molecule has 9 rings (SSSR count). The van der Waals surface area contributed by atoms with Gasteiger partial charge in [0.25, 0.3) is 0 Å². The third-order valence-electron chi connectivity index (χ3n) is 9.11. The van der Waals surface area contributed by atoms with E-state index in [4.69, 9.17) is 31.0 Å². The Bertz CT molecular complexity index is 2010. The number of nitrogens with zero attached hydrogens (tertiary/aromatic N) is 7. The van der Waals surface area contributed by atoms with E-state index in [9.17, 15) is 22.7 Å². The summed E-state index contributed by atoms with van der Waals surface area (Å²) in [5, 5.41) is 15.1. The monoisotopic (exact) mass is 685 g/mol. The van der Waals surface area contributed by atoms with Crippen molar-refractivity contribution in [2.75, 3.05) is 19.7 Å². The van der Waals surface area contributed by atoms with Crippen LogP contribution in [-0.4, -0.2) is 71.6 Å². The number of hydrogen-bond acceptors (Lipinski definition) is 10. The number of benzene rings is 1. The molecule has 0 amide bonds.